The topological polar surface area (TPSA) is 20.2 Å². The van der Waals surface area contributed by atoms with Crippen LogP contribution in [-0.2, 0) is 0 Å². The first kappa shape index (κ1) is 8.83. The van der Waals surface area contributed by atoms with Crippen LogP contribution in [-0.4, -0.2) is 10.7 Å². The monoisotopic (exact) mass is 159 g/mol. The van der Waals surface area contributed by atoms with Crippen molar-refractivity contribution in [3.05, 3.63) is 35.9 Å². The number of hydrogen-bond donors (Lipinski definition) is 1. The highest BCUT2D eigenvalue weighted by Crippen LogP contribution is 1.99. The van der Waals surface area contributed by atoms with E-state index in [0.717, 1.165) is 5.56 Å². The molecule has 1 heteroatoms. The van der Waals surface area contributed by atoms with E-state index in [2.05, 4.69) is 17.9 Å². The summed E-state index contributed by atoms with van der Waals surface area (Å²) in [7, 11) is 0. The molecule has 0 saturated carbocycles. The van der Waals surface area contributed by atoms with Crippen molar-refractivity contribution in [1.29, 1.82) is 0 Å². The maximum atomic E-state index is 9.30. The summed E-state index contributed by atoms with van der Waals surface area (Å²) in [6, 6.07) is 10.3. The van der Waals surface area contributed by atoms with E-state index in [1.54, 1.807) is 19.9 Å². The Morgan fingerprint density at radius 1 is 1.50 bits per heavy atom. The molecule has 1 rings (SSSR count). The van der Waals surface area contributed by atoms with Gasteiger partial charge in [-0.3, -0.25) is 0 Å². The van der Waals surface area contributed by atoms with Crippen molar-refractivity contribution in [2.24, 2.45) is 0 Å². The summed E-state index contributed by atoms with van der Waals surface area (Å²) in [4.78, 5) is 0. The second kappa shape index (κ2) is 3.42. The van der Waals surface area contributed by atoms with E-state index in [1.807, 2.05) is 18.2 Å². The van der Waals surface area contributed by atoms with E-state index in [-0.39, 0.29) is 0 Å². The van der Waals surface area contributed by atoms with Crippen molar-refractivity contribution < 1.29 is 5.11 Å². The second-order valence-electron chi connectivity index (χ2n) is 3.10. The van der Waals surface area contributed by atoms with Gasteiger partial charge in [0.15, 0.2) is 0 Å². The summed E-state index contributed by atoms with van der Waals surface area (Å²) in [5.41, 5.74) is -0.0461. The van der Waals surface area contributed by atoms with Crippen LogP contribution in [0.2, 0.25) is 0 Å². The molecular formula is C11H11O. The molecule has 1 aromatic carbocycles. The molecule has 0 aliphatic heterocycles. The molecule has 0 saturated heterocycles. The van der Waals surface area contributed by atoms with Crippen LogP contribution < -0.4 is 0 Å². The van der Waals surface area contributed by atoms with Crippen molar-refractivity contribution >= 4 is 0 Å². The molecule has 0 fully saturated rings. The smallest absolute Gasteiger partial charge is 0.120 e. The molecule has 12 heavy (non-hydrogen) atoms. The fraction of sp³-hybridized carbons (Fsp3) is 0.273. The molecule has 0 amide bonds. The van der Waals surface area contributed by atoms with Crippen LogP contribution in [0, 0.1) is 17.9 Å². The maximum Gasteiger partial charge on any atom is 0.120 e. The lowest BCUT2D eigenvalue weighted by Gasteiger charge is -2.05. The summed E-state index contributed by atoms with van der Waals surface area (Å²) >= 11 is 0. The van der Waals surface area contributed by atoms with Crippen LogP contribution in [0.15, 0.2) is 24.3 Å². The zero-order chi connectivity index (χ0) is 9.03. The number of rotatable bonds is 0. The van der Waals surface area contributed by atoms with Crippen LogP contribution in [0.3, 0.4) is 0 Å². The first-order chi connectivity index (χ1) is 5.58. The van der Waals surface area contributed by atoms with Gasteiger partial charge in [-0.1, -0.05) is 24.0 Å². The number of aliphatic hydroxyl groups is 1. The van der Waals surface area contributed by atoms with E-state index in [9.17, 15) is 5.11 Å². The third-order valence-electron chi connectivity index (χ3n) is 1.22. The molecule has 0 bridgehead atoms. The molecule has 0 unspecified atom stereocenters. The lowest BCUT2D eigenvalue weighted by molar-refractivity contribution is 0.143. The average molecular weight is 159 g/mol. The van der Waals surface area contributed by atoms with Crippen molar-refractivity contribution in [1.82, 2.24) is 0 Å². The molecule has 1 aromatic rings. The van der Waals surface area contributed by atoms with Gasteiger partial charge >= 0.3 is 0 Å². The van der Waals surface area contributed by atoms with Gasteiger partial charge in [-0.15, -0.1) is 0 Å². The molecular weight excluding hydrogens is 148 g/mol. The summed E-state index contributed by atoms with van der Waals surface area (Å²) in [6.45, 7) is 3.32. The van der Waals surface area contributed by atoms with Crippen molar-refractivity contribution in [2.75, 3.05) is 0 Å². The fourth-order valence-corrected chi connectivity index (χ4v) is 0.696. The summed E-state index contributed by atoms with van der Waals surface area (Å²) in [6.07, 6.45) is 0. The van der Waals surface area contributed by atoms with Gasteiger partial charge in [0.1, 0.15) is 5.60 Å². The Hall–Kier alpha value is -1.26. The van der Waals surface area contributed by atoms with E-state index in [4.69, 9.17) is 0 Å². The van der Waals surface area contributed by atoms with Crippen molar-refractivity contribution in [2.45, 2.75) is 19.4 Å². The van der Waals surface area contributed by atoms with Gasteiger partial charge in [-0.2, -0.15) is 0 Å². The quantitative estimate of drug-likeness (QED) is 0.570. The third kappa shape index (κ3) is 3.23. The maximum absolute atomic E-state index is 9.30. The number of hydrogen-bond acceptors (Lipinski definition) is 1. The largest absolute Gasteiger partial charge is 0.378 e. The first-order valence-electron chi connectivity index (χ1n) is 3.79. The Balaban J connectivity index is 2.81. The number of benzene rings is 1. The molecule has 1 radical (unpaired) electrons. The SMILES string of the molecule is CC(C)(O)C#Cc1c[c]ccc1. The van der Waals surface area contributed by atoms with Crippen LogP contribution in [0.25, 0.3) is 0 Å². The predicted octanol–water partition coefficient (Wildman–Crippen LogP) is 1.61. The van der Waals surface area contributed by atoms with Gasteiger partial charge < -0.3 is 5.11 Å². The molecule has 1 nitrogen and oxygen atoms in total. The first-order valence-corrected chi connectivity index (χ1v) is 3.79. The average Bonchev–Trinajstić information content (AvgIpc) is 2.02. The highest BCUT2D eigenvalue weighted by atomic mass is 16.3. The minimum absolute atomic E-state index is 0.875. The van der Waals surface area contributed by atoms with Crippen LogP contribution in [0.4, 0.5) is 0 Å². The Labute approximate surface area is 73.0 Å². The third-order valence-corrected chi connectivity index (χ3v) is 1.22. The van der Waals surface area contributed by atoms with E-state index < -0.39 is 5.60 Å². The van der Waals surface area contributed by atoms with Crippen molar-refractivity contribution in [3.63, 3.8) is 0 Å². The van der Waals surface area contributed by atoms with Gasteiger partial charge in [0.25, 0.3) is 0 Å². The summed E-state index contributed by atoms with van der Waals surface area (Å²) < 4.78 is 0. The fourth-order valence-electron chi connectivity index (χ4n) is 0.696. The minimum Gasteiger partial charge on any atom is -0.378 e. The minimum atomic E-state index is -0.921. The summed E-state index contributed by atoms with van der Waals surface area (Å²) in [5.74, 6) is 5.58. The van der Waals surface area contributed by atoms with Gasteiger partial charge in [0.2, 0.25) is 0 Å². The Morgan fingerprint density at radius 3 is 2.75 bits per heavy atom. The summed E-state index contributed by atoms with van der Waals surface area (Å²) in [5, 5.41) is 9.30. The van der Waals surface area contributed by atoms with Gasteiger partial charge in [0, 0.05) is 5.56 Å². The zero-order valence-electron chi connectivity index (χ0n) is 7.26. The van der Waals surface area contributed by atoms with Gasteiger partial charge in [-0.05, 0) is 32.0 Å². The van der Waals surface area contributed by atoms with Crippen LogP contribution in [0.1, 0.15) is 19.4 Å². The Morgan fingerprint density at radius 2 is 2.25 bits per heavy atom. The molecule has 0 atom stereocenters. The molecule has 0 aliphatic carbocycles. The van der Waals surface area contributed by atoms with Crippen molar-refractivity contribution in [3.8, 4) is 11.8 Å². The van der Waals surface area contributed by atoms with Gasteiger partial charge in [-0.25, -0.2) is 0 Å². The highest BCUT2D eigenvalue weighted by molar-refractivity contribution is 5.34. The molecule has 1 N–H and O–H groups in total. The molecule has 0 heterocycles. The van der Waals surface area contributed by atoms with Gasteiger partial charge in [0.05, 0.1) is 0 Å². The van der Waals surface area contributed by atoms with Crippen LogP contribution in [0.5, 0.6) is 0 Å². The molecule has 0 aromatic heterocycles. The molecule has 61 valence electrons. The van der Waals surface area contributed by atoms with E-state index >= 15 is 0 Å². The highest BCUT2D eigenvalue weighted by Gasteiger charge is 2.05. The van der Waals surface area contributed by atoms with E-state index in [1.165, 1.54) is 0 Å². The van der Waals surface area contributed by atoms with E-state index in [0.29, 0.717) is 0 Å². The predicted molar refractivity (Wildman–Crippen MR) is 48.5 cm³/mol. The standard InChI is InChI=1S/C11H11O/c1-11(2,12)9-8-10-6-4-3-5-7-10/h3-4,6-7,12H,1-2H3. The zero-order valence-corrected chi connectivity index (χ0v) is 7.26. The Kier molecular flexibility index (Phi) is 2.52. The molecule has 0 aliphatic rings. The lowest BCUT2D eigenvalue weighted by atomic mass is 10.1. The second-order valence-corrected chi connectivity index (χ2v) is 3.10. The van der Waals surface area contributed by atoms with Crippen LogP contribution >= 0.6 is 0 Å². The normalized spacial score (nSPS) is 10.2. The lowest BCUT2D eigenvalue weighted by Crippen LogP contribution is -2.14. The Bertz CT molecular complexity index is 295. The molecule has 0 spiro atoms.